The van der Waals surface area contributed by atoms with E-state index < -0.39 is 0 Å². The van der Waals surface area contributed by atoms with Crippen LogP contribution < -0.4 is 0 Å². The topological polar surface area (TPSA) is 20.2 Å². The molecule has 1 nitrogen and oxygen atoms in total. The third-order valence-electron chi connectivity index (χ3n) is 4.65. The van der Waals surface area contributed by atoms with Crippen LogP contribution in [0.1, 0.15) is 35.6 Å². The highest BCUT2D eigenvalue weighted by atomic mass is 16.3. The maximum atomic E-state index is 9.67. The van der Waals surface area contributed by atoms with Gasteiger partial charge in [-0.2, -0.15) is 0 Å². The van der Waals surface area contributed by atoms with Gasteiger partial charge in [0.05, 0.1) is 0 Å². The first-order valence-corrected chi connectivity index (χ1v) is 8.99. The van der Waals surface area contributed by atoms with Crippen molar-refractivity contribution in [2.24, 2.45) is 0 Å². The highest BCUT2D eigenvalue weighted by Gasteiger charge is 2.11. The first kappa shape index (κ1) is 17.8. The lowest BCUT2D eigenvalue weighted by Crippen LogP contribution is -1.97. The van der Waals surface area contributed by atoms with Gasteiger partial charge in [0, 0.05) is 0 Å². The number of allylic oxidation sites excluding steroid dienone is 2. The molecule has 0 fully saturated rings. The second-order valence-corrected chi connectivity index (χ2v) is 6.35. The van der Waals surface area contributed by atoms with Crippen molar-refractivity contribution in [2.75, 3.05) is 0 Å². The molecule has 0 aromatic heterocycles. The van der Waals surface area contributed by atoms with Crippen LogP contribution in [0.15, 0.2) is 85.4 Å². The molecule has 130 valence electrons. The lowest BCUT2D eigenvalue weighted by molar-refractivity contribution is 0.475. The van der Waals surface area contributed by atoms with Gasteiger partial charge >= 0.3 is 0 Å². The van der Waals surface area contributed by atoms with Crippen molar-refractivity contribution < 1.29 is 5.11 Å². The van der Waals surface area contributed by atoms with Crippen molar-refractivity contribution in [2.45, 2.75) is 19.8 Å². The Labute approximate surface area is 156 Å². The molecule has 0 heterocycles. The van der Waals surface area contributed by atoms with Crippen LogP contribution in [0, 0.1) is 0 Å². The minimum atomic E-state index is 0.293. The van der Waals surface area contributed by atoms with Gasteiger partial charge in [0.1, 0.15) is 5.75 Å². The van der Waals surface area contributed by atoms with Crippen molar-refractivity contribution in [3.05, 3.63) is 108 Å². The van der Waals surface area contributed by atoms with E-state index in [0.29, 0.717) is 5.75 Å². The first-order chi connectivity index (χ1) is 12.7. The SMILES string of the molecule is C=Cc1ccc(C/C(=C(\CC)c2ccccc2)c2ccc(O)cc2)cc1. The fourth-order valence-electron chi connectivity index (χ4n) is 3.25. The highest BCUT2D eigenvalue weighted by molar-refractivity contribution is 5.91. The first-order valence-electron chi connectivity index (χ1n) is 8.99. The fourth-order valence-corrected chi connectivity index (χ4v) is 3.25. The van der Waals surface area contributed by atoms with Crippen LogP contribution in [0.25, 0.3) is 17.2 Å². The van der Waals surface area contributed by atoms with Crippen molar-refractivity contribution >= 4 is 17.2 Å². The molecule has 26 heavy (non-hydrogen) atoms. The van der Waals surface area contributed by atoms with E-state index >= 15 is 0 Å². The van der Waals surface area contributed by atoms with E-state index in [0.717, 1.165) is 24.0 Å². The Hall–Kier alpha value is -3.06. The molecule has 0 saturated heterocycles. The van der Waals surface area contributed by atoms with Crippen LogP contribution >= 0.6 is 0 Å². The average molecular weight is 340 g/mol. The van der Waals surface area contributed by atoms with Gasteiger partial charge in [-0.3, -0.25) is 0 Å². The number of aromatic hydroxyl groups is 1. The summed E-state index contributed by atoms with van der Waals surface area (Å²) in [4.78, 5) is 0. The molecule has 0 atom stereocenters. The standard InChI is InChI=1S/C25H24O/c1-3-19-10-12-20(13-11-19)18-25(22-14-16-23(26)17-15-22)24(4-2)21-8-6-5-7-9-21/h3,5-17,26H,1,4,18H2,2H3/b25-24-. The van der Waals surface area contributed by atoms with Crippen LogP contribution in [-0.4, -0.2) is 5.11 Å². The van der Waals surface area contributed by atoms with Crippen LogP contribution in [0.2, 0.25) is 0 Å². The molecule has 0 unspecified atom stereocenters. The summed E-state index contributed by atoms with van der Waals surface area (Å²) in [5.41, 5.74) is 7.43. The minimum Gasteiger partial charge on any atom is -0.508 e. The molecule has 0 aliphatic heterocycles. The molecule has 0 aliphatic rings. The van der Waals surface area contributed by atoms with Crippen molar-refractivity contribution in [3.63, 3.8) is 0 Å². The van der Waals surface area contributed by atoms with Gasteiger partial charge in [0.25, 0.3) is 0 Å². The molecular weight excluding hydrogens is 316 g/mol. The predicted molar refractivity (Wildman–Crippen MR) is 112 cm³/mol. The molecule has 0 radical (unpaired) electrons. The summed E-state index contributed by atoms with van der Waals surface area (Å²) < 4.78 is 0. The van der Waals surface area contributed by atoms with E-state index in [2.05, 4.69) is 62.0 Å². The Kier molecular flexibility index (Phi) is 5.70. The Morgan fingerprint density at radius 1 is 0.808 bits per heavy atom. The molecule has 1 heteroatoms. The number of rotatable bonds is 6. The zero-order chi connectivity index (χ0) is 18.4. The van der Waals surface area contributed by atoms with Crippen molar-refractivity contribution in [1.29, 1.82) is 0 Å². The third kappa shape index (κ3) is 4.12. The molecule has 0 bridgehead atoms. The van der Waals surface area contributed by atoms with Crippen LogP contribution in [0.4, 0.5) is 0 Å². The maximum Gasteiger partial charge on any atom is 0.115 e. The number of hydrogen-bond donors (Lipinski definition) is 1. The van der Waals surface area contributed by atoms with Gasteiger partial charge < -0.3 is 5.11 Å². The second kappa shape index (κ2) is 8.35. The molecule has 0 amide bonds. The van der Waals surface area contributed by atoms with Gasteiger partial charge in [0.2, 0.25) is 0 Å². The monoisotopic (exact) mass is 340 g/mol. The Bertz CT molecular complexity index is 885. The van der Waals surface area contributed by atoms with Gasteiger partial charge in [-0.25, -0.2) is 0 Å². The Morgan fingerprint density at radius 2 is 1.42 bits per heavy atom. The molecular formula is C25H24O. The van der Waals surface area contributed by atoms with Gasteiger partial charge in [-0.05, 0) is 58.4 Å². The molecule has 0 aliphatic carbocycles. The van der Waals surface area contributed by atoms with E-state index in [1.165, 1.54) is 22.3 Å². The van der Waals surface area contributed by atoms with E-state index in [1.807, 2.05) is 24.3 Å². The number of phenolic OH excluding ortho intramolecular Hbond substituents is 1. The Morgan fingerprint density at radius 3 is 2.00 bits per heavy atom. The highest BCUT2D eigenvalue weighted by Crippen LogP contribution is 2.32. The average Bonchev–Trinajstić information content (AvgIpc) is 2.70. The summed E-state index contributed by atoms with van der Waals surface area (Å²) in [6.07, 6.45) is 3.66. The summed E-state index contributed by atoms with van der Waals surface area (Å²) in [5.74, 6) is 0.293. The van der Waals surface area contributed by atoms with Gasteiger partial charge in [0.15, 0.2) is 0 Å². The predicted octanol–water partition coefficient (Wildman–Crippen LogP) is 6.60. The van der Waals surface area contributed by atoms with Crippen molar-refractivity contribution in [1.82, 2.24) is 0 Å². The molecule has 0 spiro atoms. The zero-order valence-corrected chi connectivity index (χ0v) is 15.2. The molecule has 3 aromatic rings. The van der Waals surface area contributed by atoms with Gasteiger partial charge in [-0.15, -0.1) is 0 Å². The fraction of sp³-hybridized carbons (Fsp3) is 0.120. The summed E-state index contributed by atoms with van der Waals surface area (Å²) in [7, 11) is 0. The van der Waals surface area contributed by atoms with Crippen LogP contribution in [0.5, 0.6) is 5.75 Å². The van der Waals surface area contributed by atoms with E-state index in [9.17, 15) is 5.11 Å². The number of hydrogen-bond acceptors (Lipinski definition) is 1. The normalized spacial score (nSPS) is 11.7. The van der Waals surface area contributed by atoms with E-state index in [1.54, 1.807) is 12.1 Å². The number of phenols is 1. The summed E-state index contributed by atoms with van der Waals surface area (Å²) >= 11 is 0. The summed E-state index contributed by atoms with van der Waals surface area (Å²) in [5, 5.41) is 9.67. The largest absolute Gasteiger partial charge is 0.508 e. The maximum absolute atomic E-state index is 9.67. The van der Waals surface area contributed by atoms with Crippen molar-refractivity contribution in [3.8, 4) is 5.75 Å². The second-order valence-electron chi connectivity index (χ2n) is 6.35. The zero-order valence-electron chi connectivity index (χ0n) is 15.2. The van der Waals surface area contributed by atoms with E-state index in [4.69, 9.17) is 0 Å². The van der Waals surface area contributed by atoms with Crippen LogP contribution in [0.3, 0.4) is 0 Å². The molecule has 1 N–H and O–H groups in total. The molecule has 3 aromatic carbocycles. The van der Waals surface area contributed by atoms with Gasteiger partial charge in [-0.1, -0.05) is 86.3 Å². The Balaban J connectivity index is 2.09. The molecule has 3 rings (SSSR count). The third-order valence-corrected chi connectivity index (χ3v) is 4.65. The molecule has 0 saturated carbocycles. The number of benzene rings is 3. The summed E-state index contributed by atoms with van der Waals surface area (Å²) in [6.45, 7) is 6.02. The lowest BCUT2D eigenvalue weighted by atomic mass is 9.88. The van der Waals surface area contributed by atoms with E-state index in [-0.39, 0.29) is 0 Å². The van der Waals surface area contributed by atoms with Crippen LogP contribution in [-0.2, 0) is 6.42 Å². The lowest BCUT2D eigenvalue weighted by Gasteiger charge is -2.16. The summed E-state index contributed by atoms with van der Waals surface area (Å²) in [6, 6.07) is 26.6. The quantitative estimate of drug-likeness (QED) is 0.501. The smallest absolute Gasteiger partial charge is 0.115 e. The minimum absolute atomic E-state index is 0.293.